The highest BCUT2D eigenvalue weighted by atomic mass is 16.5. The summed E-state index contributed by atoms with van der Waals surface area (Å²) < 4.78 is 10.3. The SMILES string of the molecule is CCC(N)(Cc1cc(OC)ccc1OC)C(=O)O. The fraction of sp³-hybridized carbons (Fsp3) is 0.462. The first-order valence-corrected chi connectivity index (χ1v) is 5.70. The molecule has 0 fully saturated rings. The van der Waals surface area contributed by atoms with Crippen LogP contribution in [-0.4, -0.2) is 30.8 Å². The van der Waals surface area contributed by atoms with Crippen molar-refractivity contribution in [2.45, 2.75) is 25.3 Å². The molecule has 0 aliphatic rings. The summed E-state index contributed by atoms with van der Waals surface area (Å²) in [4.78, 5) is 11.2. The van der Waals surface area contributed by atoms with E-state index < -0.39 is 11.5 Å². The molecule has 1 unspecified atom stereocenters. The summed E-state index contributed by atoms with van der Waals surface area (Å²) in [6.45, 7) is 1.75. The fourth-order valence-electron chi connectivity index (χ4n) is 1.71. The van der Waals surface area contributed by atoms with Gasteiger partial charge in [-0.05, 0) is 24.6 Å². The molecular weight excluding hydrogens is 234 g/mol. The van der Waals surface area contributed by atoms with Crippen molar-refractivity contribution in [2.24, 2.45) is 5.73 Å². The molecule has 0 heterocycles. The van der Waals surface area contributed by atoms with E-state index in [4.69, 9.17) is 15.2 Å². The summed E-state index contributed by atoms with van der Waals surface area (Å²) in [5, 5.41) is 9.19. The molecule has 100 valence electrons. The molecule has 1 aromatic carbocycles. The third kappa shape index (κ3) is 2.92. The van der Waals surface area contributed by atoms with E-state index in [9.17, 15) is 9.90 Å². The van der Waals surface area contributed by atoms with Crippen molar-refractivity contribution in [3.8, 4) is 11.5 Å². The first-order valence-electron chi connectivity index (χ1n) is 5.70. The Morgan fingerprint density at radius 3 is 2.50 bits per heavy atom. The standard InChI is InChI=1S/C13H19NO4/c1-4-13(14,12(15)16)8-9-7-10(17-2)5-6-11(9)18-3/h5-7H,4,8,14H2,1-3H3,(H,15,16). The molecule has 0 aromatic heterocycles. The molecule has 0 aliphatic carbocycles. The minimum Gasteiger partial charge on any atom is -0.497 e. The first-order chi connectivity index (χ1) is 8.46. The molecule has 5 heteroatoms. The first kappa shape index (κ1) is 14.3. The number of carboxylic acid groups (broad SMARTS) is 1. The molecule has 3 N–H and O–H groups in total. The predicted molar refractivity (Wildman–Crippen MR) is 68.1 cm³/mol. The van der Waals surface area contributed by atoms with Gasteiger partial charge in [-0.15, -0.1) is 0 Å². The molecule has 0 bridgehead atoms. The molecule has 1 rings (SSSR count). The van der Waals surface area contributed by atoms with E-state index in [1.165, 1.54) is 7.11 Å². The average Bonchev–Trinajstić information content (AvgIpc) is 2.38. The lowest BCUT2D eigenvalue weighted by molar-refractivity contribution is -0.143. The van der Waals surface area contributed by atoms with Crippen molar-refractivity contribution in [3.63, 3.8) is 0 Å². The fourth-order valence-corrected chi connectivity index (χ4v) is 1.71. The van der Waals surface area contributed by atoms with Gasteiger partial charge < -0.3 is 20.3 Å². The summed E-state index contributed by atoms with van der Waals surface area (Å²) >= 11 is 0. The summed E-state index contributed by atoms with van der Waals surface area (Å²) in [5.41, 5.74) is 5.32. The number of carboxylic acids is 1. The highest BCUT2D eigenvalue weighted by Gasteiger charge is 2.33. The molecule has 0 spiro atoms. The monoisotopic (exact) mass is 253 g/mol. The van der Waals surface area contributed by atoms with Crippen LogP contribution in [0.3, 0.4) is 0 Å². The van der Waals surface area contributed by atoms with Gasteiger partial charge in [-0.3, -0.25) is 4.79 Å². The maximum absolute atomic E-state index is 11.2. The zero-order chi connectivity index (χ0) is 13.8. The number of nitrogens with two attached hydrogens (primary N) is 1. The minimum absolute atomic E-state index is 0.194. The van der Waals surface area contributed by atoms with Gasteiger partial charge in [0.1, 0.15) is 17.0 Å². The van der Waals surface area contributed by atoms with Crippen LogP contribution in [-0.2, 0) is 11.2 Å². The van der Waals surface area contributed by atoms with Crippen LogP contribution in [0.15, 0.2) is 18.2 Å². The number of ether oxygens (including phenoxy) is 2. The van der Waals surface area contributed by atoms with Gasteiger partial charge in [0, 0.05) is 12.0 Å². The molecule has 0 radical (unpaired) electrons. The maximum Gasteiger partial charge on any atom is 0.324 e. The number of carbonyl (C=O) groups is 1. The smallest absolute Gasteiger partial charge is 0.324 e. The second-order valence-electron chi connectivity index (χ2n) is 4.17. The molecule has 5 nitrogen and oxygen atoms in total. The molecule has 18 heavy (non-hydrogen) atoms. The van der Waals surface area contributed by atoms with E-state index in [2.05, 4.69) is 0 Å². The minimum atomic E-state index is -1.29. The van der Waals surface area contributed by atoms with E-state index in [1.54, 1.807) is 32.2 Å². The van der Waals surface area contributed by atoms with Crippen molar-refractivity contribution in [2.75, 3.05) is 14.2 Å². The van der Waals surface area contributed by atoms with Crippen LogP contribution in [0.5, 0.6) is 11.5 Å². The number of benzene rings is 1. The molecule has 1 aromatic rings. The van der Waals surface area contributed by atoms with Gasteiger partial charge in [-0.1, -0.05) is 6.92 Å². The number of hydrogen-bond acceptors (Lipinski definition) is 4. The zero-order valence-electron chi connectivity index (χ0n) is 10.9. The number of aliphatic carboxylic acids is 1. The Labute approximate surface area is 107 Å². The summed E-state index contributed by atoms with van der Waals surface area (Å²) in [7, 11) is 3.09. The number of hydrogen-bond donors (Lipinski definition) is 2. The third-order valence-corrected chi connectivity index (χ3v) is 3.05. The van der Waals surface area contributed by atoms with Gasteiger partial charge in [-0.25, -0.2) is 0 Å². The largest absolute Gasteiger partial charge is 0.497 e. The van der Waals surface area contributed by atoms with Gasteiger partial charge >= 0.3 is 5.97 Å². The van der Waals surface area contributed by atoms with E-state index in [1.807, 2.05) is 0 Å². The van der Waals surface area contributed by atoms with Gasteiger partial charge in [0.25, 0.3) is 0 Å². The van der Waals surface area contributed by atoms with E-state index in [-0.39, 0.29) is 6.42 Å². The Balaban J connectivity index is 3.11. The molecule has 1 atom stereocenters. The number of rotatable bonds is 6. The summed E-state index contributed by atoms with van der Waals surface area (Å²) in [6, 6.07) is 5.25. The zero-order valence-corrected chi connectivity index (χ0v) is 10.9. The molecule has 0 aliphatic heterocycles. The van der Waals surface area contributed by atoms with E-state index in [0.29, 0.717) is 17.9 Å². The van der Waals surface area contributed by atoms with Crippen LogP contribution >= 0.6 is 0 Å². The van der Waals surface area contributed by atoms with Crippen molar-refractivity contribution in [1.29, 1.82) is 0 Å². The summed E-state index contributed by atoms with van der Waals surface area (Å²) in [5.74, 6) is 0.241. The molecule has 0 saturated carbocycles. The molecule has 0 saturated heterocycles. The lowest BCUT2D eigenvalue weighted by atomic mass is 9.89. The maximum atomic E-state index is 11.2. The van der Waals surface area contributed by atoms with E-state index in [0.717, 1.165) is 5.56 Å². The van der Waals surface area contributed by atoms with Crippen molar-refractivity contribution in [1.82, 2.24) is 0 Å². The molecule has 0 amide bonds. The Kier molecular flexibility index (Phi) is 4.55. The van der Waals surface area contributed by atoms with Crippen molar-refractivity contribution >= 4 is 5.97 Å². The second kappa shape index (κ2) is 5.73. The Morgan fingerprint density at radius 2 is 2.06 bits per heavy atom. The Hall–Kier alpha value is -1.75. The second-order valence-corrected chi connectivity index (χ2v) is 4.17. The lowest BCUT2D eigenvalue weighted by Crippen LogP contribution is -2.49. The van der Waals surface area contributed by atoms with Gasteiger partial charge in [-0.2, -0.15) is 0 Å². The van der Waals surface area contributed by atoms with Crippen LogP contribution in [0.2, 0.25) is 0 Å². The average molecular weight is 253 g/mol. The van der Waals surface area contributed by atoms with Crippen molar-refractivity contribution < 1.29 is 19.4 Å². The normalized spacial score (nSPS) is 13.8. The van der Waals surface area contributed by atoms with Gasteiger partial charge in [0.05, 0.1) is 14.2 Å². The quantitative estimate of drug-likeness (QED) is 0.801. The topological polar surface area (TPSA) is 81.8 Å². The number of methoxy groups -OCH3 is 2. The van der Waals surface area contributed by atoms with Crippen molar-refractivity contribution in [3.05, 3.63) is 23.8 Å². The van der Waals surface area contributed by atoms with Crippen LogP contribution < -0.4 is 15.2 Å². The summed E-state index contributed by atoms with van der Waals surface area (Å²) in [6.07, 6.45) is 0.530. The predicted octanol–water partition coefficient (Wildman–Crippen LogP) is 1.44. The van der Waals surface area contributed by atoms with Gasteiger partial charge in [0.2, 0.25) is 0 Å². The van der Waals surface area contributed by atoms with Gasteiger partial charge in [0.15, 0.2) is 0 Å². The van der Waals surface area contributed by atoms with Crippen LogP contribution in [0, 0.1) is 0 Å². The Morgan fingerprint density at radius 1 is 1.39 bits per heavy atom. The Bertz CT molecular complexity index is 433. The highest BCUT2D eigenvalue weighted by Crippen LogP contribution is 2.28. The lowest BCUT2D eigenvalue weighted by Gasteiger charge is -2.24. The third-order valence-electron chi connectivity index (χ3n) is 3.05. The molecular formula is C13H19NO4. The van der Waals surface area contributed by atoms with Crippen LogP contribution in [0.1, 0.15) is 18.9 Å². The van der Waals surface area contributed by atoms with Crippen LogP contribution in [0.4, 0.5) is 0 Å². The highest BCUT2D eigenvalue weighted by molar-refractivity contribution is 5.79. The van der Waals surface area contributed by atoms with E-state index >= 15 is 0 Å². The van der Waals surface area contributed by atoms with Crippen LogP contribution in [0.25, 0.3) is 0 Å².